The van der Waals surface area contributed by atoms with Crippen LogP contribution in [0, 0.1) is 6.92 Å². The van der Waals surface area contributed by atoms with Crippen molar-refractivity contribution in [2.45, 2.75) is 77.9 Å². The van der Waals surface area contributed by atoms with Crippen LogP contribution in [0.5, 0.6) is 5.75 Å². The van der Waals surface area contributed by atoms with Crippen LogP contribution in [0.2, 0.25) is 0 Å². The SMILES string of the molecule is CCCNC1CCC(Oc2ccc(C(C)(C)C)cc2C)C1. The Morgan fingerprint density at radius 3 is 2.62 bits per heavy atom. The predicted octanol–water partition coefficient (Wildman–Crippen LogP) is 4.59. The summed E-state index contributed by atoms with van der Waals surface area (Å²) in [6.07, 6.45) is 5.13. The molecule has 21 heavy (non-hydrogen) atoms. The average molecular weight is 289 g/mol. The number of ether oxygens (including phenoxy) is 1. The lowest BCUT2D eigenvalue weighted by molar-refractivity contribution is 0.204. The molecule has 2 heteroatoms. The van der Waals surface area contributed by atoms with Crippen molar-refractivity contribution in [1.82, 2.24) is 5.32 Å². The lowest BCUT2D eigenvalue weighted by Gasteiger charge is -2.22. The number of nitrogens with one attached hydrogen (secondary N) is 1. The van der Waals surface area contributed by atoms with E-state index in [2.05, 4.69) is 58.1 Å². The van der Waals surface area contributed by atoms with E-state index in [0.29, 0.717) is 12.1 Å². The van der Waals surface area contributed by atoms with E-state index in [1.54, 1.807) is 0 Å². The van der Waals surface area contributed by atoms with Gasteiger partial charge in [0.05, 0.1) is 0 Å². The number of benzene rings is 1. The molecule has 0 bridgehead atoms. The number of hydrogen-bond donors (Lipinski definition) is 1. The smallest absolute Gasteiger partial charge is 0.122 e. The van der Waals surface area contributed by atoms with Crippen molar-refractivity contribution in [3.05, 3.63) is 29.3 Å². The Labute approximate surface area is 130 Å². The van der Waals surface area contributed by atoms with Crippen LogP contribution in [0.1, 0.15) is 64.5 Å². The first-order valence-electron chi connectivity index (χ1n) is 8.41. The van der Waals surface area contributed by atoms with Gasteiger partial charge < -0.3 is 10.1 Å². The molecule has 118 valence electrons. The van der Waals surface area contributed by atoms with Gasteiger partial charge in [-0.25, -0.2) is 0 Å². The van der Waals surface area contributed by atoms with Crippen molar-refractivity contribution < 1.29 is 4.74 Å². The van der Waals surface area contributed by atoms with Crippen molar-refractivity contribution in [2.24, 2.45) is 0 Å². The molecule has 1 saturated carbocycles. The highest BCUT2D eigenvalue weighted by Crippen LogP contribution is 2.30. The van der Waals surface area contributed by atoms with Crippen LogP contribution < -0.4 is 10.1 Å². The van der Waals surface area contributed by atoms with Crippen molar-refractivity contribution in [3.63, 3.8) is 0 Å². The summed E-state index contributed by atoms with van der Waals surface area (Å²) in [5, 5.41) is 3.61. The molecular weight excluding hydrogens is 258 g/mol. The molecule has 2 unspecified atom stereocenters. The van der Waals surface area contributed by atoms with Crippen LogP contribution in [0.4, 0.5) is 0 Å². The van der Waals surface area contributed by atoms with E-state index in [-0.39, 0.29) is 5.41 Å². The highest BCUT2D eigenvalue weighted by molar-refractivity contribution is 5.38. The summed E-state index contributed by atoms with van der Waals surface area (Å²) < 4.78 is 6.24. The van der Waals surface area contributed by atoms with Gasteiger partial charge in [0.25, 0.3) is 0 Å². The first-order chi connectivity index (χ1) is 9.90. The van der Waals surface area contributed by atoms with Crippen molar-refractivity contribution in [2.75, 3.05) is 6.54 Å². The molecule has 0 aromatic heterocycles. The molecule has 0 amide bonds. The summed E-state index contributed by atoms with van der Waals surface area (Å²) in [6.45, 7) is 12.3. The maximum absolute atomic E-state index is 6.24. The lowest BCUT2D eigenvalue weighted by Crippen LogP contribution is -2.28. The van der Waals surface area contributed by atoms with E-state index in [4.69, 9.17) is 4.74 Å². The zero-order valence-corrected chi connectivity index (χ0v) is 14.3. The molecule has 1 aliphatic rings. The maximum atomic E-state index is 6.24. The Balaban J connectivity index is 1.95. The van der Waals surface area contributed by atoms with Crippen LogP contribution in [0.15, 0.2) is 18.2 Å². The Hall–Kier alpha value is -1.02. The highest BCUT2D eigenvalue weighted by atomic mass is 16.5. The maximum Gasteiger partial charge on any atom is 0.122 e. The van der Waals surface area contributed by atoms with Crippen molar-refractivity contribution in [3.8, 4) is 5.75 Å². The van der Waals surface area contributed by atoms with Crippen LogP contribution in [-0.4, -0.2) is 18.7 Å². The first-order valence-corrected chi connectivity index (χ1v) is 8.41. The molecule has 0 saturated heterocycles. The Bertz CT molecular complexity index is 461. The molecule has 1 aliphatic carbocycles. The monoisotopic (exact) mass is 289 g/mol. The van der Waals surface area contributed by atoms with E-state index < -0.39 is 0 Å². The van der Waals surface area contributed by atoms with Crippen LogP contribution in [0.3, 0.4) is 0 Å². The molecule has 0 heterocycles. The van der Waals surface area contributed by atoms with Gasteiger partial charge in [-0.2, -0.15) is 0 Å². The lowest BCUT2D eigenvalue weighted by atomic mass is 9.86. The summed E-state index contributed by atoms with van der Waals surface area (Å²) in [4.78, 5) is 0. The molecule has 0 spiro atoms. The molecule has 1 fully saturated rings. The molecule has 0 radical (unpaired) electrons. The van der Waals surface area contributed by atoms with Gasteiger partial charge in [0, 0.05) is 6.04 Å². The van der Waals surface area contributed by atoms with Gasteiger partial charge in [-0.05, 0) is 61.8 Å². The minimum Gasteiger partial charge on any atom is -0.490 e. The molecule has 1 aromatic rings. The molecule has 1 N–H and O–H groups in total. The third-order valence-electron chi connectivity index (χ3n) is 4.40. The second kappa shape index (κ2) is 6.83. The summed E-state index contributed by atoms with van der Waals surface area (Å²) in [5.41, 5.74) is 2.83. The predicted molar refractivity (Wildman–Crippen MR) is 90.2 cm³/mol. The molecule has 0 aliphatic heterocycles. The van der Waals surface area contributed by atoms with Gasteiger partial charge in [-0.1, -0.05) is 39.8 Å². The Kier molecular flexibility index (Phi) is 5.32. The van der Waals surface area contributed by atoms with E-state index in [1.807, 2.05) is 0 Å². The quantitative estimate of drug-likeness (QED) is 0.856. The topological polar surface area (TPSA) is 21.3 Å². The van der Waals surface area contributed by atoms with Crippen LogP contribution >= 0.6 is 0 Å². The van der Waals surface area contributed by atoms with Gasteiger partial charge in [0.2, 0.25) is 0 Å². The second-order valence-electron chi connectivity index (χ2n) is 7.43. The fourth-order valence-corrected chi connectivity index (χ4v) is 3.01. The Morgan fingerprint density at radius 2 is 2.00 bits per heavy atom. The standard InChI is InChI=1S/C19H31NO/c1-6-11-20-16-8-9-17(13-16)21-18-10-7-15(12-14(18)2)19(3,4)5/h7,10,12,16-17,20H,6,8-9,11,13H2,1-5H3. The van der Waals surface area contributed by atoms with E-state index >= 15 is 0 Å². The van der Waals surface area contributed by atoms with Gasteiger partial charge in [-0.3, -0.25) is 0 Å². The number of rotatable bonds is 5. The van der Waals surface area contributed by atoms with Crippen LogP contribution in [-0.2, 0) is 5.41 Å². The molecule has 1 aromatic carbocycles. The second-order valence-corrected chi connectivity index (χ2v) is 7.43. The highest BCUT2D eigenvalue weighted by Gasteiger charge is 2.26. The van der Waals surface area contributed by atoms with E-state index in [0.717, 1.165) is 18.7 Å². The fourth-order valence-electron chi connectivity index (χ4n) is 3.01. The number of aryl methyl sites for hydroxylation is 1. The minimum absolute atomic E-state index is 0.200. The molecule has 2 rings (SSSR count). The van der Waals surface area contributed by atoms with Gasteiger partial charge in [0.15, 0.2) is 0 Å². The van der Waals surface area contributed by atoms with E-state index in [9.17, 15) is 0 Å². The summed E-state index contributed by atoms with van der Waals surface area (Å²) in [5.74, 6) is 1.06. The number of hydrogen-bond acceptors (Lipinski definition) is 2. The molecule has 2 atom stereocenters. The zero-order chi connectivity index (χ0) is 15.5. The summed E-state index contributed by atoms with van der Waals surface area (Å²) >= 11 is 0. The molecular formula is C19H31NO. The average Bonchev–Trinajstić information content (AvgIpc) is 2.85. The summed E-state index contributed by atoms with van der Waals surface area (Å²) in [6, 6.07) is 7.29. The van der Waals surface area contributed by atoms with E-state index in [1.165, 1.54) is 30.4 Å². The molecule has 2 nitrogen and oxygen atoms in total. The summed E-state index contributed by atoms with van der Waals surface area (Å²) in [7, 11) is 0. The van der Waals surface area contributed by atoms with Crippen LogP contribution in [0.25, 0.3) is 0 Å². The Morgan fingerprint density at radius 1 is 1.24 bits per heavy atom. The zero-order valence-electron chi connectivity index (χ0n) is 14.3. The first kappa shape index (κ1) is 16.4. The van der Waals surface area contributed by atoms with Gasteiger partial charge in [-0.15, -0.1) is 0 Å². The third kappa shape index (κ3) is 4.47. The van der Waals surface area contributed by atoms with Gasteiger partial charge >= 0.3 is 0 Å². The van der Waals surface area contributed by atoms with Gasteiger partial charge in [0.1, 0.15) is 11.9 Å². The fraction of sp³-hybridized carbons (Fsp3) is 0.684. The third-order valence-corrected chi connectivity index (χ3v) is 4.40. The van der Waals surface area contributed by atoms with Crippen molar-refractivity contribution in [1.29, 1.82) is 0 Å². The minimum atomic E-state index is 0.200. The largest absolute Gasteiger partial charge is 0.490 e. The van der Waals surface area contributed by atoms with Crippen molar-refractivity contribution >= 4 is 0 Å². The normalized spacial score (nSPS) is 22.5.